The van der Waals surface area contributed by atoms with E-state index in [9.17, 15) is 8.78 Å². The van der Waals surface area contributed by atoms with Crippen LogP contribution in [0.1, 0.15) is 12.5 Å². The lowest BCUT2D eigenvalue weighted by molar-refractivity contribution is 0.583. The number of rotatable bonds is 4. The molecule has 100 valence electrons. The van der Waals surface area contributed by atoms with Crippen molar-refractivity contribution in [2.45, 2.75) is 19.4 Å². The minimum atomic E-state index is -0.581. The Morgan fingerprint density at radius 1 is 1.05 bits per heavy atom. The molecule has 0 aliphatic rings. The Balaban J connectivity index is 2.05. The van der Waals surface area contributed by atoms with E-state index in [4.69, 9.17) is 11.6 Å². The molecule has 1 unspecified atom stereocenters. The fraction of sp³-hybridized carbons (Fsp3) is 0.200. The zero-order chi connectivity index (χ0) is 13.8. The van der Waals surface area contributed by atoms with Crippen molar-refractivity contribution in [3.63, 3.8) is 0 Å². The molecule has 0 aliphatic heterocycles. The maximum Gasteiger partial charge on any atom is 0.149 e. The predicted molar refractivity (Wildman–Crippen MR) is 74.6 cm³/mol. The van der Waals surface area contributed by atoms with Gasteiger partial charge in [-0.2, -0.15) is 0 Å². The maximum absolute atomic E-state index is 13.5. The van der Waals surface area contributed by atoms with Crippen molar-refractivity contribution in [1.82, 2.24) is 0 Å². The summed E-state index contributed by atoms with van der Waals surface area (Å²) < 4.78 is 27.0. The first-order chi connectivity index (χ1) is 9.06. The molecule has 0 aliphatic carbocycles. The minimum Gasteiger partial charge on any atom is -0.378 e. The zero-order valence-corrected chi connectivity index (χ0v) is 11.2. The van der Waals surface area contributed by atoms with Crippen LogP contribution >= 0.6 is 11.6 Å². The monoisotopic (exact) mass is 281 g/mol. The van der Waals surface area contributed by atoms with Crippen LogP contribution in [0.5, 0.6) is 0 Å². The van der Waals surface area contributed by atoms with Crippen molar-refractivity contribution >= 4 is 17.3 Å². The molecule has 0 saturated heterocycles. The van der Waals surface area contributed by atoms with Gasteiger partial charge in [0.1, 0.15) is 17.3 Å². The summed E-state index contributed by atoms with van der Waals surface area (Å²) in [6.07, 6.45) is 0.658. The SMILES string of the molecule is CC(Cc1ccc(Cl)cc1)Nc1c(F)cccc1F. The molecule has 2 aromatic carbocycles. The molecule has 0 radical (unpaired) electrons. The third kappa shape index (κ3) is 3.67. The van der Waals surface area contributed by atoms with Crippen LogP contribution in [0.25, 0.3) is 0 Å². The standard InChI is InChI=1S/C15H14ClF2N/c1-10(9-11-5-7-12(16)8-6-11)19-15-13(17)3-2-4-14(15)18/h2-8,10,19H,9H2,1H3. The summed E-state index contributed by atoms with van der Waals surface area (Å²) >= 11 is 5.80. The average molecular weight is 282 g/mol. The topological polar surface area (TPSA) is 12.0 Å². The van der Waals surface area contributed by atoms with Crippen molar-refractivity contribution in [3.05, 3.63) is 64.7 Å². The van der Waals surface area contributed by atoms with E-state index in [0.717, 1.165) is 5.56 Å². The Morgan fingerprint density at radius 2 is 1.63 bits per heavy atom. The highest BCUT2D eigenvalue weighted by Crippen LogP contribution is 2.20. The van der Waals surface area contributed by atoms with Gasteiger partial charge in [0, 0.05) is 11.1 Å². The minimum absolute atomic E-state index is 0.0797. The molecule has 1 nitrogen and oxygen atoms in total. The third-order valence-corrected chi connectivity index (χ3v) is 3.06. The molecular weight excluding hydrogens is 268 g/mol. The van der Waals surface area contributed by atoms with Gasteiger partial charge in [0.2, 0.25) is 0 Å². The summed E-state index contributed by atoms with van der Waals surface area (Å²) in [4.78, 5) is 0. The van der Waals surface area contributed by atoms with E-state index in [1.54, 1.807) is 12.1 Å². The van der Waals surface area contributed by atoms with Crippen LogP contribution in [-0.4, -0.2) is 6.04 Å². The van der Waals surface area contributed by atoms with Gasteiger partial charge in [-0.05, 0) is 43.2 Å². The lowest BCUT2D eigenvalue weighted by atomic mass is 10.1. The molecule has 2 rings (SSSR count). The van der Waals surface area contributed by atoms with E-state index in [2.05, 4.69) is 5.32 Å². The molecule has 0 fully saturated rings. The summed E-state index contributed by atoms with van der Waals surface area (Å²) in [6, 6.07) is 11.1. The van der Waals surface area contributed by atoms with Crippen molar-refractivity contribution in [3.8, 4) is 0 Å². The summed E-state index contributed by atoms with van der Waals surface area (Å²) in [5.41, 5.74) is 0.977. The Hall–Kier alpha value is -1.61. The summed E-state index contributed by atoms with van der Waals surface area (Å²) in [7, 11) is 0. The Bertz CT molecular complexity index is 534. The Morgan fingerprint density at radius 3 is 2.21 bits per heavy atom. The second kappa shape index (κ2) is 6.02. The largest absolute Gasteiger partial charge is 0.378 e. The molecule has 0 bridgehead atoms. The van der Waals surface area contributed by atoms with Gasteiger partial charge in [0.25, 0.3) is 0 Å². The fourth-order valence-corrected chi connectivity index (χ4v) is 2.03. The second-order valence-electron chi connectivity index (χ2n) is 4.47. The van der Waals surface area contributed by atoms with Gasteiger partial charge in [0.05, 0.1) is 0 Å². The number of benzene rings is 2. The summed E-state index contributed by atoms with van der Waals surface area (Å²) in [5.74, 6) is -1.16. The van der Waals surface area contributed by atoms with Crippen LogP contribution in [0, 0.1) is 11.6 Å². The first kappa shape index (κ1) is 13.8. The van der Waals surface area contributed by atoms with E-state index in [1.807, 2.05) is 19.1 Å². The molecule has 0 heterocycles. The fourth-order valence-electron chi connectivity index (χ4n) is 1.91. The number of para-hydroxylation sites is 1. The zero-order valence-electron chi connectivity index (χ0n) is 10.5. The van der Waals surface area contributed by atoms with E-state index < -0.39 is 11.6 Å². The normalized spacial score (nSPS) is 12.2. The smallest absolute Gasteiger partial charge is 0.149 e. The van der Waals surface area contributed by atoms with E-state index in [0.29, 0.717) is 11.4 Å². The molecule has 1 atom stereocenters. The molecule has 0 aromatic heterocycles. The van der Waals surface area contributed by atoms with Crippen molar-refractivity contribution in [1.29, 1.82) is 0 Å². The summed E-state index contributed by atoms with van der Waals surface area (Å²) in [6.45, 7) is 1.88. The number of hydrogen-bond acceptors (Lipinski definition) is 1. The van der Waals surface area contributed by atoms with Gasteiger partial charge in [0.15, 0.2) is 0 Å². The average Bonchev–Trinajstić information content (AvgIpc) is 2.37. The van der Waals surface area contributed by atoms with E-state index >= 15 is 0 Å². The summed E-state index contributed by atoms with van der Waals surface area (Å²) in [5, 5.41) is 3.53. The van der Waals surface area contributed by atoms with Gasteiger partial charge in [-0.15, -0.1) is 0 Å². The number of hydrogen-bond donors (Lipinski definition) is 1. The maximum atomic E-state index is 13.5. The first-order valence-electron chi connectivity index (χ1n) is 6.01. The van der Waals surface area contributed by atoms with Crippen LogP contribution < -0.4 is 5.32 Å². The molecule has 2 aromatic rings. The van der Waals surface area contributed by atoms with Crippen molar-refractivity contribution in [2.75, 3.05) is 5.32 Å². The lowest BCUT2D eigenvalue weighted by Gasteiger charge is -2.16. The van der Waals surface area contributed by atoms with E-state index in [1.165, 1.54) is 18.2 Å². The van der Waals surface area contributed by atoms with Crippen molar-refractivity contribution < 1.29 is 8.78 Å². The number of nitrogens with one attached hydrogen (secondary N) is 1. The molecule has 1 N–H and O–H groups in total. The lowest BCUT2D eigenvalue weighted by Crippen LogP contribution is -2.19. The van der Waals surface area contributed by atoms with Crippen LogP contribution in [0.3, 0.4) is 0 Å². The second-order valence-corrected chi connectivity index (χ2v) is 4.91. The predicted octanol–water partition coefficient (Wildman–Crippen LogP) is 4.66. The Kier molecular flexibility index (Phi) is 4.38. The van der Waals surface area contributed by atoms with Gasteiger partial charge >= 0.3 is 0 Å². The molecule has 0 amide bonds. The Labute approximate surface area is 116 Å². The molecule has 19 heavy (non-hydrogen) atoms. The van der Waals surface area contributed by atoms with Crippen LogP contribution in [0.2, 0.25) is 5.02 Å². The van der Waals surface area contributed by atoms with Gasteiger partial charge in [-0.25, -0.2) is 8.78 Å². The number of anilines is 1. The molecule has 0 spiro atoms. The van der Waals surface area contributed by atoms with E-state index in [-0.39, 0.29) is 11.7 Å². The highest BCUT2D eigenvalue weighted by Gasteiger charge is 2.11. The van der Waals surface area contributed by atoms with Crippen LogP contribution in [-0.2, 0) is 6.42 Å². The third-order valence-electron chi connectivity index (χ3n) is 2.81. The quantitative estimate of drug-likeness (QED) is 0.859. The number of halogens is 3. The van der Waals surface area contributed by atoms with Crippen LogP contribution in [0.15, 0.2) is 42.5 Å². The van der Waals surface area contributed by atoms with Gasteiger partial charge < -0.3 is 5.32 Å². The van der Waals surface area contributed by atoms with Gasteiger partial charge in [-0.1, -0.05) is 29.8 Å². The van der Waals surface area contributed by atoms with Crippen LogP contribution in [0.4, 0.5) is 14.5 Å². The highest BCUT2D eigenvalue weighted by atomic mass is 35.5. The van der Waals surface area contributed by atoms with Crippen molar-refractivity contribution in [2.24, 2.45) is 0 Å². The molecular formula is C15H14ClF2N. The first-order valence-corrected chi connectivity index (χ1v) is 6.39. The highest BCUT2D eigenvalue weighted by molar-refractivity contribution is 6.30. The van der Waals surface area contributed by atoms with Gasteiger partial charge in [-0.3, -0.25) is 0 Å². The molecule has 0 saturated carbocycles. The molecule has 4 heteroatoms.